The van der Waals surface area contributed by atoms with E-state index in [1.54, 1.807) is 12.3 Å². The van der Waals surface area contributed by atoms with E-state index in [0.717, 1.165) is 4.47 Å². The van der Waals surface area contributed by atoms with Gasteiger partial charge in [-0.05, 0) is 22.0 Å². The molecule has 1 aliphatic rings. The first kappa shape index (κ1) is 13.7. The van der Waals surface area contributed by atoms with E-state index in [2.05, 4.69) is 20.9 Å². The molecule has 1 fully saturated rings. The zero-order valence-electron chi connectivity index (χ0n) is 9.38. The van der Waals surface area contributed by atoms with E-state index >= 15 is 0 Å². The van der Waals surface area contributed by atoms with E-state index in [1.807, 2.05) is 0 Å². The predicted octanol–water partition coefficient (Wildman–Crippen LogP) is 0.952. The van der Waals surface area contributed by atoms with Crippen molar-refractivity contribution in [2.75, 3.05) is 6.61 Å². The molecule has 2 N–H and O–H groups in total. The highest BCUT2D eigenvalue weighted by molar-refractivity contribution is 9.10. The quantitative estimate of drug-likeness (QED) is 0.807. The molecule has 18 heavy (non-hydrogen) atoms. The molecule has 0 spiro atoms. The SMILES string of the molecule is O=C1[C@H](O)C[C@@H](CO)N1Cc1cc(Br)cnc1Cl. The van der Waals surface area contributed by atoms with Crippen molar-refractivity contribution in [3.8, 4) is 0 Å². The molecular weight excluding hydrogens is 323 g/mol. The van der Waals surface area contributed by atoms with Gasteiger partial charge in [-0.2, -0.15) is 0 Å². The Morgan fingerprint density at radius 3 is 3.00 bits per heavy atom. The van der Waals surface area contributed by atoms with Gasteiger partial charge in [0.25, 0.3) is 5.91 Å². The number of aliphatic hydroxyl groups is 2. The second-order valence-corrected chi connectivity index (χ2v) is 5.43. The number of amides is 1. The number of aromatic nitrogens is 1. The first-order valence-corrected chi connectivity index (χ1v) is 6.59. The fourth-order valence-electron chi connectivity index (χ4n) is 2.00. The molecule has 1 amide bonds. The van der Waals surface area contributed by atoms with Crippen LogP contribution in [0.4, 0.5) is 0 Å². The first-order valence-electron chi connectivity index (χ1n) is 5.42. The summed E-state index contributed by atoms with van der Waals surface area (Å²) < 4.78 is 0.759. The fraction of sp³-hybridized carbons (Fsp3) is 0.455. The highest BCUT2D eigenvalue weighted by atomic mass is 79.9. The highest BCUT2D eigenvalue weighted by Gasteiger charge is 2.38. The molecule has 2 heterocycles. The van der Waals surface area contributed by atoms with E-state index < -0.39 is 6.10 Å². The molecule has 0 aromatic carbocycles. The summed E-state index contributed by atoms with van der Waals surface area (Å²) in [4.78, 5) is 17.2. The van der Waals surface area contributed by atoms with Crippen LogP contribution >= 0.6 is 27.5 Å². The second kappa shape index (κ2) is 5.52. The first-order chi connectivity index (χ1) is 8.52. The van der Waals surface area contributed by atoms with Crippen molar-refractivity contribution in [2.24, 2.45) is 0 Å². The highest BCUT2D eigenvalue weighted by Crippen LogP contribution is 2.25. The van der Waals surface area contributed by atoms with Crippen LogP contribution in [0, 0.1) is 0 Å². The molecule has 1 saturated heterocycles. The summed E-state index contributed by atoms with van der Waals surface area (Å²) in [5.74, 6) is -0.384. The van der Waals surface area contributed by atoms with Gasteiger partial charge in [0.2, 0.25) is 0 Å². The van der Waals surface area contributed by atoms with E-state index in [1.165, 1.54) is 4.90 Å². The van der Waals surface area contributed by atoms with Crippen molar-refractivity contribution in [2.45, 2.75) is 25.1 Å². The number of halogens is 2. The Hall–Kier alpha value is -0.690. The lowest BCUT2D eigenvalue weighted by molar-refractivity contribution is -0.136. The van der Waals surface area contributed by atoms with Gasteiger partial charge in [-0.1, -0.05) is 11.6 Å². The number of likely N-dealkylation sites (tertiary alicyclic amines) is 1. The van der Waals surface area contributed by atoms with Gasteiger partial charge in [-0.25, -0.2) is 4.98 Å². The maximum atomic E-state index is 11.8. The van der Waals surface area contributed by atoms with Crippen molar-refractivity contribution < 1.29 is 15.0 Å². The number of rotatable bonds is 3. The Bertz CT molecular complexity index is 472. The molecule has 1 aliphatic heterocycles. The summed E-state index contributed by atoms with van der Waals surface area (Å²) in [6.07, 6.45) is 0.769. The summed E-state index contributed by atoms with van der Waals surface area (Å²) >= 11 is 9.24. The standard InChI is InChI=1S/C11H12BrClN2O3/c12-7-1-6(10(13)14-3-7)4-15-8(5-16)2-9(17)11(15)18/h1,3,8-9,16-17H,2,4-5H2/t8-,9+/m0/s1. The van der Waals surface area contributed by atoms with Gasteiger partial charge in [0.1, 0.15) is 11.3 Å². The van der Waals surface area contributed by atoms with E-state index in [9.17, 15) is 15.0 Å². The number of hydrogen-bond donors (Lipinski definition) is 2. The summed E-state index contributed by atoms with van der Waals surface area (Å²) in [6.45, 7) is 0.0498. The second-order valence-electron chi connectivity index (χ2n) is 4.16. The minimum Gasteiger partial charge on any atom is -0.394 e. The van der Waals surface area contributed by atoms with Gasteiger partial charge in [0, 0.05) is 29.2 Å². The number of hydrogen-bond acceptors (Lipinski definition) is 4. The molecule has 5 nitrogen and oxygen atoms in total. The molecule has 0 aliphatic carbocycles. The van der Waals surface area contributed by atoms with Crippen LogP contribution in [0.25, 0.3) is 0 Å². The third kappa shape index (κ3) is 2.66. The van der Waals surface area contributed by atoms with Gasteiger partial charge in [-0.15, -0.1) is 0 Å². The Balaban J connectivity index is 2.22. The maximum Gasteiger partial charge on any atom is 0.252 e. The molecule has 1 aromatic heterocycles. The predicted molar refractivity (Wildman–Crippen MR) is 69.0 cm³/mol. The molecule has 0 saturated carbocycles. The van der Waals surface area contributed by atoms with Crippen LogP contribution in [0.2, 0.25) is 5.15 Å². The maximum absolute atomic E-state index is 11.8. The smallest absolute Gasteiger partial charge is 0.252 e. The molecule has 0 bridgehead atoms. The van der Waals surface area contributed by atoms with Crippen LogP contribution in [-0.2, 0) is 11.3 Å². The minimum atomic E-state index is -1.04. The molecular formula is C11H12BrClN2O3. The van der Waals surface area contributed by atoms with Crippen LogP contribution in [0.15, 0.2) is 16.7 Å². The lowest BCUT2D eigenvalue weighted by Crippen LogP contribution is -2.36. The van der Waals surface area contributed by atoms with Crippen LogP contribution < -0.4 is 0 Å². The summed E-state index contributed by atoms with van der Waals surface area (Å²) in [7, 11) is 0. The van der Waals surface area contributed by atoms with Crippen LogP contribution in [0.3, 0.4) is 0 Å². The number of carbonyl (C=O) groups excluding carboxylic acids is 1. The van der Waals surface area contributed by atoms with Gasteiger partial charge >= 0.3 is 0 Å². The third-order valence-corrected chi connectivity index (χ3v) is 3.71. The van der Waals surface area contributed by atoms with Gasteiger partial charge in [0.05, 0.1) is 12.6 Å². The van der Waals surface area contributed by atoms with Crippen molar-refractivity contribution >= 4 is 33.4 Å². The van der Waals surface area contributed by atoms with Crippen molar-refractivity contribution in [1.29, 1.82) is 0 Å². The van der Waals surface area contributed by atoms with Crippen molar-refractivity contribution in [3.05, 3.63) is 27.5 Å². The Labute approximate surface area is 118 Å². The normalized spacial score (nSPS) is 23.8. The summed E-state index contributed by atoms with van der Waals surface area (Å²) in [6, 6.07) is 1.39. The number of carbonyl (C=O) groups is 1. The molecule has 2 rings (SSSR count). The molecule has 7 heteroatoms. The molecule has 98 valence electrons. The minimum absolute atomic E-state index is 0.179. The number of aliphatic hydroxyl groups excluding tert-OH is 2. The zero-order chi connectivity index (χ0) is 13.3. The van der Waals surface area contributed by atoms with Crippen LogP contribution in [0.5, 0.6) is 0 Å². The number of pyridine rings is 1. The van der Waals surface area contributed by atoms with Gasteiger partial charge in [0.15, 0.2) is 0 Å². The van der Waals surface area contributed by atoms with Crippen LogP contribution in [0.1, 0.15) is 12.0 Å². The lowest BCUT2D eigenvalue weighted by Gasteiger charge is -2.23. The van der Waals surface area contributed by atoms with E-state index in [0.29, 0.717) is 10.7 Å². The zero-order valence-corrected chi connectivity index (χ0v) is 11.7. The Morgan fingerprint density at radius 2 is 2.33 bits per heavy atom. The van der Waals surface area contributed by atoms with Gasteiger partial charge in [-0.3, -0.25) is 4.79 Å². The Morgan fingerprint density at radius 1 is 1.61 bits per heavy atom. The molecule has 2 atom stereocenters. The average molecular weight is 336 g/mol. The van der Waals surface area contributed by atoms with Gasteiger partial charge < -0.3 is 15.1 Å². The fourth-order valence-corrected chi connectivity index (χ4v) is 2.54. The topological polar surface area (TPSA) is 73.7 Å². The lowest BCUT2D eigenvalue weighted by atomic mass is 10.2. The largest absolute Gasteiger partial charge is 0.394 e. The molecule has 0 radical (unpaired) electrons. The van der Waals surface area contributed by atoms with E-state index in [-0.39, 0.29) is 31.5 Å². The third-order valence-electron chi connectivity index (χ3n) is 2.93. The van der Waals surface area contributed by atoms with Crippen LogP contribution in [-0.4, -0.2) is 44.8 Å². The summed E-state index contributed by atoms with van der Waals surface area (Å²) in [5, 5.41) is 19.0. The molecule has 0 unspecified atom stereocenters. The van der Waals surface area contributed by atoms with Crippen molar-refractivity contribution in [3.63, 3.8) is 0 Å². The van der Waals surface area contributed by atoms with E-state index in [4.69, 9.17) is 11.6 Å². The average Bonchev–Trinajstić information content (AvgIpc) is 2.61. The van der Waals surface area contributed by atoms with Crippen molar-refractivity contribution in [1.82, 2.24) is 9.88 Å². The monoisotopic (exact) mass is 334 g/mol. The Kier molecular flexibility index (Phi) is 4.21. The molecule has 1 aromatic rings. The summed E-state index contributed by atoms with van der Waals surface area (Å²) in [5.41, 5.74) is 0.673. The number of nitrogens with zero attached hydrogens (tertiary/aromatic N) is 2.